The number of nitrogens with one attached hydrogen (secondary N) is 2. The van der Waals surface area contributed by atoms with Crippen molar-refractivity contribution in [3.63, 3.8) is 0 Å². The van der Waals surface area contributed by atoms with Crippen molar-refractivity contribution in [3.8, 4) is 11.4 Å². The van der Waals surface area contributed by atoms with Gasteiger partial charge in [-0.05, 0) is 20.3 Å². The Balaban J connectivity index is 1.34. The summed E-state index contributed by atoms with van der Waals surface area (Å²) >= 11 is 13.6. The second-order valence-corrected chi connectivity index (χ2v) is 11.3. The maximum atomic E-state index is 12.9. The first-order chi connectivity index (χ1) is 19.8. The normalized spacial score (nSPS) is 19.3. The Hall–Kier alpha value is -2.97. The van der Waals surface area contributed by atoms with Gasteiger partial charge in [-0.15, -0.1) is 0 Å². The summed E-state index contributed by atoms with van der Waals surface area (Å²) in [6, 6.07) is -0.273. The fourth-order valence-corrected chi connectivity index (χ4v) is 6.23. The van der Waals surface area contributed by atoms with Crippen molar-refractivity contribution < 1.29 is 23.8 Å². The molecule has 2 atom stereocenters. The van der Waals surface area contributed by atoms with Crippen LogP contribution in [0.4, 0.5) is 10.9 Å². The molecule has 5 rings (SSSR count). The van der Waals surface area contributed by atoms with Crippen LogP contribution >= 0.6 is 34.5 Å². The monoisotopic (exact) mass is 623 g/mol. The van der Waals surface area contributed by atoms with Crippen LogP contribution in [-0.2, 0) is 14.2 Å². The first-order valence-corrected chi connectivity index (χ1v) is 14.8. The molecule has 2 aliphatic rings. The molecule has 3 aromatic heterocycles. The lowest BCUT2D eigenvalue weighted by atomic mass is 10.0. The van der Waals surface area contributed by atoms with E-state index in [-0.39, 0.29) is 35.4 Å². The van der Waals surface area contributed by atoms with Crippen molar-refractivity contribution in [1.82, 2.24) is 25.3 Å². The van der Waals surface area contributed by atoms with E-state index in [4.69, 9.17) is 42.4 Å². The summed E-state index contributed by atoms with van der Waals surface area (Å²) in [6.45, 7) is 7.52. The second kappa shape index (κ2) is 12.9. The third-order valence-corrected chi connectivity index (χ3v) is 9.07. The minimum absolute atomic E-state index is 0.191. The Bertz CT molecular complexity index is 1390. The summed E-state index contributed by atoms with van der Waals surface area (Å²) in [6.07, 6.45) is 3.55. The Labute approximate surface area is 251 Å². The molecular weight excluding hydrogens is 593 g/mol. The SMILES string of the molecule is CCOC(=O)c1sc(N2CC[C@@H](NC(=O)c3[nH]c(C)c(Cl)c3Cl)[C@@H](OC)C2)nc1-c1cnc(N2CCOCC2)cn1. The van der Waals surface area contributed by atoms with Gasteiger partial charge in [0.25, 0.3) is 5.91 Å². The molecule has 0 aliphatic carbocycles. The van der Waals surface area contributed by atoms with Crippen LogP contribution in [-0.4, -0.2) is 97.1 Å². The number of halogens is 2. The van der Waals surface area contributed by atoms with Crippen LogP contribution in [0.15, 0.2) is 12.4 Å². The number of methoxy groups -OCH3 is 1. The summed E-state index contributed by atoms with van der Waals surface area (Å²) in [5, 5.41) is 4.16. The number of morpholine rings is 1. The molecule has 12 nitrogen and oxygen atoms in total. The molecule has 0 unspecified atom stereocenters. The van der Waals surface area contributed by atoms with E-state index in [0.29, 0.717) is 64.8 Å². The number of nitrogens with zero attached hydrogens (tertiary/aromatic N) is 5. The molecule has 2 fully saturated rings. The number of hydrogen-bond donors (Lipinski definition) is 2. The van der Waals surface area contributed by atoms with Gasteiger partial charge in [0.15, 0.2) is 5.13 Å². The van der Waals surface area contributed by atoms with Gasteiger partial charge >= 0.3 is 5.97 Å². The van der Waals surface area contributed by atoms with Crippen LogP contribution in [0.1, 0.15) is 39.2 Å². The van der Waals surface area contributed by atoms with E-state index >= 15 is 0 Å². The van der Waals surface area contributed by atoms with Gasteiger partial charge in [0.05, 0.1) is 54.4 Å². The van der Waals surface area contributed by atoms with E-state index in [1.165, 1.54) is 11.3 Å². The minimum atomic E-state index is -0.465. The third-order valence-electron chi connectivity index (χ3n) is 7.02. The molecule has 0 spiro atoms. The minimum Gasteiger partial charge on any atom is -0.462 e. The fraction of sp³-hybridized carbons (Fsp3) is 0.500. The summed E-state index contributed by atoms with van der Waals surface area (Å²) in [4.78, 5) is 47.2. The average molecular weight is 625 g/mol. The predicted octanol–water partition coefficient (Wildman–Crippen LogP) is 3.58. The number of anilines is 2. The number of ether oxygens (including phenoxy) is 3. The summed E-state index contributed by atoms with van der Waals surface area (Å²) in [7, 11) is 1.60. The number of aromatic nitrogens is 4. The number of carbonyl (C=O) groups excluding carboxylic acids is 2. The van der Waals surface area contributed by atoms with E-state index in [0.717, 1.165) is 18.9 Å². The van der Waals surface area contributed by atoms with Gasteiger partial charge in [0, 0.05) is 39.0 Å². The van der Waals surface area contributed by atoms with Gasteiger partial charge in [-0.1, -0.05) is 34.5 Å². The van der Waals surface area contributed by atoms with E-state index in [2.05, 4.69) is 25.2 Å². The zero-order valence-electron chi connectivity index (χ0n) is 22.9. The summed E-state index contributed by atoms with van der Waals surface area (Å²) in [5.41, 5.74) is 1.74. The van der Waals surface area contributed by atoms with E-state index in [1.807, 2.05) is 4.90 Å². The van der Waals surface area contributed by atoms with E-state index in [1.54, 1.807) is 33.4 Å². The van der Waals surface area contributed by atoms with Crippen molar-refractivity contribution in [2.75, 3.05) is 62.9 Å². The molecule has 2 N–H and O–H groups in total. The number of amides is 1. The smallest absolute Gasteiger partial charge is 0.350 e. The number of piperidine rings is 1. The standard InChI is InChI=1S/C26H31Cl2N7O5S/c1-4-40-25(37)23-21(16-11-30-18(12-29-16)34-7-9-39-10-8-34)33-26(41-23)35-6-5-15(17(13-35)38-3)32-24(36)22-20(28)19(27)14(2)31-22/h11-12,15,17,31H,4-10,13H2,1-3H3,(H,32,36)/t15-,17+/m1/s1. The fourth-order valence-electron chi connectivity index (χ4n) is 4.81. The summed E-state index contributed by atoms with van der Waals surface area (Å²) in [5.74, 6) is -0.0754. The number of carbonyl (C=O) groups is 2. The third kappa shape index (κ3) is 6.28. The Kier molecular flexibility index (Phi) is 9.29. The van der Waals surface area contributed by atoms with Crippen LogP contribution in [0.2, 0.25) is 10.0 Å². The maximum absolute atomic E-state index is 12.9. The highest BCUT2D eigenvalue weighted by Gasteiger charge is 2.34. The molecule has 0 radical (unpaired) electrons. The average Bonchev–Trinajstić information content (AvgIpc) is 3.55. The summed E-state index contributed by atoms with van der Waals surface area (Å²) < 4.78 is 16.5. The van der Waals surface area contributed by atoms with Crippen LogP contribution in [0.25, 0.3) is 11.4 Å². The number of aromatic amines is 1. The van der Waals surface area contributed by atoms with E-state index in [9.17, 15) is 9.59 Å². The highest BCUT2D eigenvalue weighted by molar-refractivity contribution is 7.17. The molecule has 15 heteroatoms. The Morgan fingerprint density at radius 1 is 1.17 bits per heavy atom. The molecule has 0 saturated carbocycles. The maximum Gasteiger partial charge on any atom is 0.350 e. The highest BCUT2D eigenvalue weighted by Crippen LogP contribution is 2.35. The van der Waals surface area contributed by atoms with Crippen molar-refractivity contribution >= 4 is 57.4 Å². The topological polar surface area (TPSA) is 135 Å². The lowest BCUT2D eigenvalue weighted by Crippen LogP contribution is -2.55. The quantitative estimate of drug-likeness (QED) is 0.358. The van der Waals surface area contributed by atoms with Crippen LogP contribution in [0.3, 0.4) is 0 Å². The molecular formula is C26H31Cl2N7O5S. The molecule has 41 heavy (non-hydrogen) atoms. The largest absolute Gasteiger partial charge is 0.462 e. The molecule has 2 saturated heterocycles. The van der Waals surface area contributed by atoms with Gasteiger partial charge in [-0.3, -0.25) is 4.79 Å². The number of rotatable bonds is 8. The lowest BCUT2D eigenvalue weighted by Gasteiger charge is -2.37. The van der Waals surface area contributed by atoms with E-state index < -0.39 is 5.97 Å². The predicted molar refractivity (Wildman–Crippen MR) is 157 cm³/mol. The first-order valence-electron chi connectivity index (χ1n) is 13.3. The van der Waals surface area contributed by atoms with Crippen LogP contribution < -0.4 is 15.1 Å². The molecule has 3 aromatic rings. The lowest BCUT2D eigenvalue weighted by molar-refractivity contribution is 0.0531. The van der Waals surface area contributed by atoms with Crippen molar-refractivity contribution in [2.24, 2.45) is 0 Å². The van der Waals surface area contributed by atoms with Gasteiger partial charge in [0.1, 0.15) is 27.8 Å². The molecule has 220 valence electrons. The molecule has 0 bridgehead atoms. The van der Waals surface area contributed by atoms with Gasteiger partial charge in [-0.25, -0.2) is 19.7 Å². The van der Waals surface area contributed by atoms with Gasteiger partial charge in [-0.2, -0.15) is 0 Å². The number of aryl methyl sites for hydroxylation is 1. The number of H-pyrrole nitrogens is 1. The van der Waals surface area contributed by atoms with Crippen LogP contribution in [0.5, 0.6) is 0 Å². The first kappa shape index (κ1) is 29.5. The second-order valence-electron chi connectivity index (χ2n) is 9.60. The van der Waals surface area contributed by atoms with Crippen LogP contribution in [0, 0.1) is 6.92 Å². The zero-order chi connectivity index (χ0) is 29.1. The highest BCUT2D eigenvalue weighted by atomic mass is 35.5. The Morgan fingerprint density at radius 2 is 1.95 bits per heavy atom. The Morgan fingerprint density at radius 3 is 2.59 bits per heavy atom. The number of thiazole rings is 1. The van der Waals surface area contributed by atoms with Gasteiger partial charge in [0.2, 0.25) is 0 Å². The molecule has 1 amide bonds. The van der Waals surface area contributed by atoms with Crippen molar-refractivity contribution in [3.05, 3.63) is 38.7 Å². The number of esters is 1. The molecule has 5 heterocycles. The molecule has 2 aliphatic heterocycles. The zero-order valence-corrected chi connectivity index (χ0v) is 25.2. The van der Waals surface area contributed by atoms with Crippen molar-refractivity contribution in [1.29, 1.82) is 0 Å². The number of hydrogen-bond acceptors (Lipinski definition) is 11. The molecule has 0 aromatic carbocycles. The van der Waals surface area contributed by atoms with Crippen molar-refractivity contribution in [2.45, 2.75) is 32.4 Å². The van der Waals surface area contributed by atoms with Gasteiger partial charge < -0.3 is 34.3 Å².